The first-order valence-corrected chi connectivity index (χ1v) is 9.88. The molecule has 0 bridgehead atoms. The third-order valence-corrected chi connectivity index (χ3v) is 5.07. The second-order valence-electron chi connectivity index (χ2n) is 7.01. The molecule has 1 fully saturated rings. The molecular formula is C23H24N2O5. The van der Waals surface area contributed by atoms with E-state index in [1.54, 1.807) is 43.6 Å². The highest BCUT2D eigenvalue weighted by Gasteiger charge is 2.18. The van der Waals surface area contributed by atoms with Crippen LogP contribution in [0.2, 0.25) is 0 Å². The van der Waals surface area contributed by atoms with Crippen molar-refractivity contribution in [2.45, 2.75) is 18.9 Å². The van der Waals surface area contributed by atoms with Crippen LogP contribution in [0.25, 0.3) is 10.9 Å². The minimum Gasteiger partial charge on any atom is -0.493 e. The van der Waals surface area contributed by atoms with Gasteiger partial charge in [-0.25, -0.2) is 4.79 Å². The number of pyridine rings is 1. The van der Waals surface area contributed by atoms with Gasteiger partial charge in [0.2, 0.25) is 0 Å². The number of aromatic nitrogens is 1. The van der Waals surface area contributed by atoms with Crippen molar-refractivity contribution in [1.82, 2.24) is 10.3 Å². The molecular weight excluding hydrogens is 384 g/mol. The van der Waals surface area contributed by atoms with Gasteiger partial charge < -0.3 is 24.3 Å². The smallest absolute Gasteiger partial charge is 0.337 e. The minimum atomic E-state index is -0.387. The van der Waals surface area contributed by atoms with Crippen LogP contribution in [0.4, 0.5) is 0 Å². The first kappa shape index (κ1) is 20.0. The van der Waals surface area contributed by atoms with Crippen LogP contribution in [-0.2, 0) is 4.74 Å². The topological polar surface area (TPSA) is 78.9 Å². The number of hydrogen-bond acceptors (Lipinski definition) is 7. The Kier molecular flexibility index (Phi) is 5.99. The highest BCUT2D eigenvalue weighted by Crippen LogP contribution is 2.38. The molecule has 1 aliphatic heterocycles. The molecule has 2 aromatic carbocycles. The number of carbonyl (C=O) groups excluding carboxylic acids is 1. The fraction of sp³-hybridized carbons (Fsp3) is 0.304. The zero-order valence-corrected chi connectivity index (χ0v) is 17.0. The van der Waals surface area contributed by atoms with Crippen molar-refractivity contribution in [3.05, 3.63) is 54.2 Å². The highest BCUT2D eigenvalue weighted by atomic mass is 16.5. The van der Waals surface area contributed by atoms with Gasteiger partial charge in [-0.3, -0.25) is 4.98 Å². The Hall–Kier alpha value is -3.32. The summed E-state index contributed by atoms with van der Waals surface area (Å²) in [6.07, 6.45) is 3.77. The summed E-state index contributed by atoms with van der Waals surface area (Å²) >= 11 is 0. The van der Waals surface area contributed by atoms with E-state index in [0.29, 0.717) is 28.6 Å². The molecule has 1 aromatic heterocycles. The molecule has 0 saturated carbocycles. The average molecular weight is 408 g/mol. The van der Waals surface area contributed by atoms with E-state index in [4.69, 9.17) is 18.9 Å². The molecule has 1 N–H and O–H groups in total. The Balaban J connectivity index is 1.62. The third kappa shape index (κ3) is 4.31. The number of piperidine rings is 1. The number of nitrogens with one attached hydrogen (secondary N) is 1. The Morgan fingerprint density at radius 2 is 1.77 bits per heavy atom. The Morgan fingerprint density at radius 1 is 1.00 bits per heavy atom. The highest BCUT2D eigenvalue weighted by molar-refractivity contribution is 5.90. The van der Waals surface area contributed by atoms with Crippen LogP contribution in [0.1, 0.15) is 23.2 Å². The second kappa shape index (κ2) is 9.00. The van der Waals surface area contributed by atoms with E-state index in [1.165, 1.54) is 7.11 Å². The maximum absolute atomic E-state index is 11.6. The monoisotopic (exact) mass is 408 g/mol. The van der Waals surface area contributed by atoms with Gasteiger partial charge >= 0.3 is 5.97 Å². The number of rotatable bonds is 6. The molecule has 2 heterocycles. The molecule has 0 aliphatic carbocycles. The Bertz CT molecular complexity index is 1030. The van der Waals surface area contributed by atoms with E-state index >= 15 is 0 Å². The van der Waals surface area contributed by atoms with Crippen molar-refractivity contribution in [2.24, 2.45) is 0 Å². The van der Waals surface area contributed by atoms with Gasteiger partial charge in [0.1, 0.15) is 17.6 Å². The van der Waals surface area contributed by atoms with Gasteiger partial charge in [0.15, 0.2) is 11.5 Å². The fourth-order valence-electron chi connectivity index (χ4n) is 3.47. The molecule has 0 atom stereocenters. The van der Waals surface area contributed by atoms with Crippen molar-refractivity contribution < 1.29 is 23.7 Å². The van der Waals surface area contributed by atoms with E-state index in [0.717, 1.165) is 36.8 Å². The quantitative estimate of drug-likeness (QED) is 0.619. The predicted octanol–water partition coefficient (Wildman–Crippen LogP) is 3.95. The maximum atomic E-state index is 11.6. The van der Waals surface area contributed by atoms with E-state index in [9.17, 15) is 4.79 Å². The van der Waals surface area contributed by atoms with Crippen LogP contribution in [-0.4, -0.2) is 44.4 Å². The van der Waals surface area contributed by atoms with Crippen molar-refractivity contribution in [3.63, 3.8) is 0 Å². The van der Waals surface area contributed by atoms with Gasteiger partial charge in [0.05, 0.1) is 25.3 Å². The molecule has 156 valence electrons. The van der Waals surface area contributed by atoms with Gasteiger partial charge in [-0.05, 0) is 62.3 Å². The summed E-state index contributed by atoms with van der Waals surface area (Å²) in [7, 11) is 2.98. The van der Waals surface area contributed by atoms with Crippen LogP contribution in [0.5, 0.6) is 23.0 Å². The first-order valence-electron chi connectivity index (χ1n) is 9.88. The van der Waals surface area contributed by atoms with E-state index in [1.807, 2.05) is 12.1 Å². The van der Waals surface area contributed by atoms with E-state index in [-0.39, 0.29) is 12.1 Å². The molecule has 3 aromatic rings. The molecule has 0 spiro atoms. The zero-order chi connectivity index (χ0) is 20.9. The van der Waals surface area contributed by atoms with E-state index < -0.39 is 0 Å². The molecule has 7 heteroatoms. The van der Waals surface area contributed by atoms with E-state index in [2.05, 4.69) is 10.3 Å². The number of fused-ring (bicyclic) bond motifs is 1. The maximum Gasteiger partial charge on any atom is 0.337 e. The van der Waals surface area contributed by atoms with Crippen LogP contribution < -0.4 is 19.5 Å². The Labute approximate surface area is 174 Å². The number of hydrogen-bond donors (Lipinski definition) is 1. The van der Waals surface area contributed by atoms with Crippen molar-refractivity contribution in [3.8, 4) is 23.0 Å². The molecule has 4 rings (SSSR count). The second-order valence-corrected chi connectivity index (χ2v) is 7.01. The largest absolute Gasteiger partial charge is 0.493 e. The van der Waals surface area contributed by atoms with Crippen molar-refractivity contribution in [2.75, 3.05) is 27.3 Å². The Morgan fingerprint density at radius 3 is 2.47 bits per heavy atom. The summed E-state index contributed by atoms with van der Waals surface area (Å²) in [5, 5.41) is 4.15. The number of ether oxygens (including phenoxy) is 4. The fourth-order valence-corrected chi connectivity index (χ4v) is 3.47. The summed E-state index contributed by atoms with van der Waals surface area (Å²) in [6.45, 7) is 1.90. The molecule has 0 radical (unpaired) electrons. The number of carbonyl (C=O) groups is 1. The van der Waals surface area contributed by atoms with Gasteiger partial charge in [-0.1, -0.05) is 0 Å². The lowest BCUT2D eigenvalue weighted by Gasteiger charge is -2.25. The molecule has 1 saturated heterocycles. The third-order valence-electron chi connectivity index (χ3n) is 5.07. The summed E-state index contributed by atoms with van der Waals surface area (Å²) in [4.78, 5) is 16.1. The van der Waals surface area contributed by atoms with Crippen molar-refractivity contribution in [1.29, 1.82) is 0 Å². The van der Waals surface area contributed by atoms with Crippen LogP contribution in [0.3, 0.4) is 0 Å². The first-order chi connectivity index (χ1) is 14.7. The minimum absolute atomic E-state index is 0.158. The van der Waals surface area contributed by atoms with Gasteiger partial charge in [0, 0.05) is 17.6 Å². The lowest BCUT2D eigenvalue weighted by Crippen LogP contribution is -2.34. The molecule has 7 nitrogen and oxygen atoms in total. The summed E-state index contributed by atoms with van der Waals surface area (Å²) in [5.74, 6) is 2.17. The molecule has 0 amide bonds. The normalized spacial score (nSPS) is 14.3. The standard InChI is InChI=1S/C23H24N2O5/c1-27-21-13-18-19(14-22(21)30-17-7-10-24-11-8-17)25-12-9-20(18)29-16-5-3-15(4-6-16)23(26)28-2/h3-6,9,12-14,17,24H,7-8,10-11H2,1-2H3. The number of nitrogens with zero attached hydrogens (tertiary/aromatic N) is 1. The predicted molar refractivity (Wildman–Crippen MR) is 113 cm³/mol. The average Bonchev–Trinajstić information content (AvgIpc) is 2.79. The zero-order valence-electron chi connectivity index (χ0n) is 17.0. The van der Waals surface area contributed by atoms with Crippen LogP contribution in [0.15, 0.2) is 48.7 Å². The van der Waals surface area contributed by atoms with Crippen LogP contribution >= 0.6 is 0 Å². The lowest BCUT2D eigenvalue weighted by atomic mass is 10.1. The van der Waals surface area contributed by atoms with Gasteiger partial charge in [-0.15, -0.1) is 0 Å². The van der Waals surface area contributed by atoms with Gasteiger partial charge in [0.25, 0.3) is 0 Å². The van der Waals surface area contributed by atoms with Crippen LogP contribution in [0, 0.1) is 0 Å². The number of methoxy groups -OCH3 is 2. The molecule has 1 aliphatic rings. The number of benzene rings is 2. The summed E-state index contributed by atoms with van der Waals surface area (Å²) < 4.78 is 22.6. The number of esters is 1. The lowest BCUT2D eigenvalue weighted by molar-refractivity contribution is 0.0600. The molecule has 30 heavy (non-hydrogen) atoms. The van der Waals surface area contributed by atoms with Crippen molar-refractivity contribution >= 4 is 16.9 Å². The summed E-state index contributed by atoms with van der Waals surface area (Å²) in [5.41, 5.74) is 1.22. The molecule has 0 unspecified atom stereocenters. The summed E-state index contributed by atoms with van der Waals surface area (Å²) in [6, 6.07) is 12.4. The van der Waals surface area contributed by atoms with Gasteiger partial charge in [-0.2, -0.15) is 0 Å². The SMILES string of the molecule is COC(=O)c1ccc(Oc2ccnc3cc(OC4CCNCC4)c(OC)cc23)cc1.